The summed E-state index contributed by atoms with van der Waals surface area (Å²) < 4.78 is 14.5. The second-order valence-corrected chi connectivity index (χ2v) is 4.70. The van der Waals surface area contributed by atoms with Crippen LogP contribution in [0.3, 0.4) is 0 Å². The number of hydrogen-bond acceptors (Lipinski definition) is 2. The predicted octanol–water partition coefficient (Wildman–Crippen LogP) is 2.29. The van der Waals surface area contributed by atoms with Gasteiger partial charge in [0.25, 0.3) is 0 Å². The average Bonchev–Trinajstić information content (AvgIpc) is 2.19. The Morgan fingerprint density at radius 3 is 3.07 bits per heavy atom. The van der Waals surface area contributed by atoms with E-state index in [1.54, 1.807) is 0 Å². The molecule has 0 spiro atoms. The largest absolute Gasteiger partial charge is 0.316 e. The van der Waals surface area contributed by atoms with Gasteiger partial charge in [0, 0.05) is 27.8 Å². The highest BCUT2D eigenvalue weighted by molar-refractivity contribution is 14.1. The lowest BCUT2D eigenvalue weighted by molar-refractivity contribution is 0.438. The summed E-state index contributed by atoms with van der Waals surface area (Å²) in [7, 11) is 0. The third kappa shape index (κ3) is 2.06. The van der Waals surface area contributed by atoms with Gasteiger partial charge in [0.05, 0.1) is 0 Å². The van der Waals surface area contributed by atoms with Crippen molar-refractivity contribution in [3.8, 4) is 0 Å². The van der Waals surface area contributed by atoms with E-state index in [9.17, 15) is 4.39 Å². The van der Waals surface area contributed by atoms with Crippen molar-refractivity contribution in [1.29, 1.82) is 0 Å². The fourth-order valence-corrected chi connectivity index (χ4v) is 2.71. The molecule has 0 aliphatic carbocycles. The smallest absolute Gasteiger partial charge is 0.217 e. The van der Waals surface area contributed by atoms with E-state index in [1.165, 1.54) is 6.20 Å². The molecule has 1 atom stereocenters. The minimum absolute atomic E-state index is 0.296. The van der Waals surface area contributed by atoms with E-state index in [-0.39, 0.29) is 5.95 Å². The summed E-state index contributed by atoms with van der Waals surface area (Å²) in [4.78, 5) is 3.72. The standard InChI is InChI=1S/C10H12FIN2/c11-10-9(8(12)3-5-14-10)7-2-1-4-13-6-7/h3,5,7,13H,1-2,4,6H2. The molecule has 1 aliphatic rings. The zero-order valence-electron chi connectivity index (χ0n) is 7.76. The highest BCUT2D eigenvalue weighted by Gasteiger charge is 2.21. The third-order valence-electron chi connectivity index (χ3n) is 2.59. The van der Waals surface area contributed by atoms with Gasteiger partial charge in [0.2, 0.25) is 5.95 Å². The molecule has 1 N–H and O–H groups in total. The van der Waals surface area contributed by atoms with Crippen LogP contribution in [-0.2, 0) is 0 Å². The zero-order chi connectivity index (χ0) is 9.97. The first-order valence-electron chi connectivity index (χ1n) is 4.79. The fraction of sp³-hybridized carbons (Fsp3) is 0.500. The Hall–Kier alpha value is -0.230. The number of hydrogen-bond donors (Lipinski definition) is 1. The molecule has 0 saturated carbocycles. The Morgan fingerprint density at radius 2 is 2.43 bits per heavy atom. The Kier molecular flexibility index (Phi) is 3.33. The molecule has 76 valence electrons. The number of aromatic nitrogens is 1. The van der Waals surface area contributed by atoms with Crippen molar-refractivity contribution in [2.45, 2.75) is 18.8 Å². The molecular formula is C10H12FIN2. The van der Waals surface area contributed by atoms with E-state index in [1.807, 2.05) is 6.07 Å². The molecule has 0 bridgehead atoms. The van der Waals surface area contributed by atoms with E-state index >= 15 is 0 Å². The van der Waals surface area contributed by atoms with E-state index in [2.05, 4.69) is 32.9 Å². The third-order valence-corrected chi connectivity index (χ3v) is 3.53. The molecule has 14 heavy (non-hydrogen) atoms. The summed E-state index contributed by atoms with van der Waals surface area (Å²) in [6.07, 6.45) is 3.71. The fourth-order valence-electron chi connectivity index (χ4n) is 1.89. The molecule has 4 heteroatoms. The number of pyridine rings is 1. The first kappa shape index (κ1) is 10.3. The number of rotatable bonds is 1. The predicted molar refractivity (Wildman–Crippen MR) is 61.8 cm³/mol. The van der Waals surface area contributed by atoms with Gasteiger partial charge in [0.1, 0.15) is 0 Å². The Labute approximate surface area is 96.4 Å². The molecule has 1 aromatic rings. The summed E-state index contributed by atoms with van der Waals surface area (Å²) in [6.45, 7) is 1.92. The number of nitrogens with zero attached hydrogens (tertiary/aromatic N) is 1. The molecule has 2 nitrogen and oxygen atoms in total. The molecule has 0 amide bonds. The minimum atomic E-state index is -0.300. The first-order chi connectivity index (χ1) is 6.79. The lowest BCUT2D eigenvalue weighted by atomic mass is 9.93. The van der Waals surface area contributed by atoms with Crippen LogP contribution in [0.25, 0.3) is 0 Å². The molecule has 1 aliphatic heterocycles. The van der Waals surface area contributed by atoms with Crippen LogP contribution in [0.2, 0.25) is 0 Å². The van der Waals surface area contributed by atoms with Crippen LogP contribution >= 0.6 is 22.6 Å². The maximum Gasteiger partial charge on any atom is 0.217 e. The molecule has 0 aromatic carbocycles. The van der Waals surface area contributed by atoms with E-state index < -0.39 is 0 Å². The first-order valence-corrected chi connectivity index (χ1v) is 5.87. The molecule has 2 heterocycles. The Bertz CT molecular complexity index is 304. The molecule has 1 aromatic heterocycles. The van der Waals surface area contributed by atoms with Crippen LogP contribution in [0.15, 0.2) is 12.3 Å². The van der Waals surface area contributed by atoms with Gasteiger partial charge in [-0.3, -0.25) is 0 Å². The van der Waals surface area contributed by atoms with Gasteiger partial charge in [-0.2, -0.15) is 4.39 Å². The minimum Gasteiger partial charge on any atom is -0.316 e. The second-order valence-electron chi connectivity index (χ2n) is 3.54. The number of halogens is 2. The molecule has 0 radical (unpaired) electrons. The van der Waals surface area contributed by atoms with Crippen LogP contribution in [0.1, 0.15) is 24.3 Å². The van der Waals surface area contributed by atoms with Gasteiger partial charge in [0.15, 0.2) is 0 Å². The van der Waals surface area contributed by atoms with Crippen molar-refractivity contribution in [2.75, 3.05) is 13.1 Å². The summed E-state index contributed by atoms with van der Waals surface area (Å²) >= 11 is 2.18. The maximum absolute atomic E-state index is 13.5. The van der Waals surface area contributed by atoms with Crippen molar-refractivity contribution >= 4 is 22.6 Å². The van der Waals surface area contributed by atoms with E-state index in [0.717, 1.165) is 35.1 Å². The Balaban J connectivity index is 2.29. The van der Waals surface area contributed by atoms with Crippen LogP contribution in [-0.4, -0.2) is 18.1 Å². The van der Waals surface area contributed by atoms with Crippen molar-refractivity contribution in [3.05, 3.63) is 27.3 Å². The van der Waals surface area contributed by atoms with Gasteiger partial charge in [-0.05, 0) is 48.0 Å². The SMILES string of the molecule is Fc1nccc(I)c1C1CCCNC1. The normalized spacial score (nSPS) is 22.3. The topological polar surface area (TPSA) is 24.9 Å². The highest BCUT2D eigenvalue weighted by Crippen LogP contribution is 2.28. The molecule has 2 rings (SSSR count). The number of nitrogens with one attached hydrogen (secondary N) is 1. The van der Waals surface area contributed by atoms with Crippen molar-refractivity contribution < 1.29 is 4.39 Å². The van der Waals surface area contributed by atoms with Crippen molar-refractivity contribution in [1.82, 2.24) is 10.3 Å². The average molecular weight is 306 g/mol. The highest BCUT2D eigenvalue weighted by atomic mass is 127. The molecular weight excluding hydrogens is 294 g/mol. The van der Waals surface area contributed by atoms with Gasteiger partial charge in [-0.1, -0.05) is 0 Å². The van der Waals surface area contributed by atoms with Gasteiger partial charge < -0.3 is 5.32 Å². The van der Waals surface area contributed by atoms with Crippen LogP contribution in [0.4, 0.5) is 4.39 Å². The Morgan fingerprint density at radius 1 is 1.57 bits per heavy atom. The van der Waals surface area contributed by atoms with E-state index in [4.69, 9.17) is 0 Å². The lowest BCUT2D eigenvalue weighted by Gasteiger charge is -2.23. The van der Waals surface area contributed by atoms with Crippen LogP contribution in [0.5, 0.6) is 0 Å². The number of piperidine rings is 1. The zero-order valence-corrected chi connectivity index (χ0v) is 9.92. The summed E-state index contributed by atoms with van der Waals surface area (Å²) in [5.41, 5.74) is 0.792. The van der Waals surface area contributed by atoms with Crippen molar-refractivity contribution in [3.63, 3.8) is 0 Å². The monoisotopic (exact) mass is 306 g/mol. The van der Waals surface area contributed by atoms with Crippen LogP contribution in [0, 0.1) is 9.52 Å². The van der Waals surface area contributed by atoms with Crippen molar-refractivity contribution in [2.24, 2.45) is 0 Å². The maximum atomic E-state index is 13.5. The summed E-state index contributed by atoms with van der Waals surface area (Å²) in [5.74, 6) is -0.00468. The van der Waals surface area contributed by atoms with Gasteiger partial charge >= 0.3 is 0 Å². The lowest BCUT2D eigenvalue weighted by Crippen LogP contribution is -2.29. The van der Waals surface area contributed by atoms with E-state index in [0.29, 0.717) is 5.92 Å². The molecule has 1 unspecified atom stereocenters. The van der Waals surface area contributed by atoms with Gasteiger partial charge in [-0.15, -0.1) is 0 Å². The van der Waals surface area contributed by atoms with Gasteiger partial charge in [-0.25, -0.2) is 4.98 Å². The quantitative estimate of drug-likeness (QED) is 0.636. The summed E-state index contributed by atoms with van der Waals surface area (Å²) in [5, 5.41) is 3.29. The summed E-state index contributed by atoms with van der Waals surface area (Å²) in [6, 6.07) is 1.87. The molecule has 1 fully saturated rings. The second kappa shape index (κ2) is 4.53. The van der Waals surface area contributed by atoms with Crippen LogP contribution < -0.4 is 5.32 Å². The molecule has 1 saturated heterocycles.